The van der Waals surface area contributed by atoms with Gasteiger partial charge in [0.15, 0.2) is 0 Å². The van der Waals surface area contributed by atoms with E-state index in [2.05, 4.69) is 23.5 Å². The van der Waals surface area contributed by atoms with Crippen LogP contribution in [0.25, 0.3) is 0 Å². The second-order valence-electron chi connectivity index (χ2n) is 9.40. The molecule has 0 saturated heterocycles. The van der Waals surface area contributed by atoms with E-state index in [1.54, 1.807) is 19.2 Å². The first-order valence-corrected chi connectivity index (χ1v) is 11.4. The van der Waals surface area contributed by atoms with Crippen LogP contribution in [0.2, 0.25) is 0 Å². The molecule has 3 aliphatic rings. The minimum absolute atomic E-state index is 0.0772. The highest BCUT2D eigenvalue weighted by atomic mass is 19.1. The van der Waals surface area contributed by atoms with Gasteiger partial charge in [0.1, 0.15) is 11.9 Å². The Morgan fingerprint density at radius 2 is 1.84 bits per heavy atom. The van der Waals surface area contributed by atoms with Crippen LogP contribution < -0.4 is 10.1 Å². The number of methoxy groups -OCH3 is 1. The van der Waals surface area contributed by atoms with Gasteiger partial charge in [-0.25, -0.2) is 4.39 Å². The fraction of sp³-hybridized carbons (Fsp3) is 0.520. The molecule has 5 rings (SSSR count). The zero-order valence-corrected chi connectivity index (χ0v) is 17.8. The zero-order valence-electron chi connectivity index (χ0n) is 17.8. The second-order valence-corrected chi connectivity index (χ2v) is 9.40. The minimum atomic E-state index is -0.798. The van der Waals surface area contributed by atoms with E-state index in [-0.39, 0.29) is 11.7 Å². The molecule has 1 N–H and O–H groups in total. The molecule has 0 spiro atoms. The number of nitrogens with zero attached hydrogens (tertiary/aromatic N) is 1. The van der Waals surface area contributed by atoms with Crippen molar-refractivity contribution < 1.29 is 14.1 Å². The van der Waals surface area contributed by atoms with Crippen LogP contribution in [-0.2, 0) is 6.42 Å². The number of hydrogen-bond acceptors (Lipinski definition) is 4. The maximum atomic E-state index is 14.9. The number of aryl methyl sites for hydroxylation is 1. The summed E-state index contributed by atoms with van der Waals surface area (Å²) in [7, 11) is 1.71. The van der Waals surface area contributed by atoms with Gasteiger partial charge in [-0.15, -0.1) is 0 Å². The lowest BCUT2D eigenvalue weighted by Crippen LogP contribution is -2.49. The summed E-state index contributed by atoms with van der Waals surface area (Å²) < 4.78 is 20.3. The normalized spacial score (nSPS) is 31.7. The van der Waals surface area contributed by atoms with Crippen LogP contribution in [0.1, 0.15) is 49.1 Å². The Morgan fingerprint density at radius 3 is 2.58 bits per heavy atom. The molecule has 0 bridgehead atoms. The van der Waals surface area contributed by atoms with E-state index >= 15 is 0 Å². The summed E-state index contributed by atoms with van der Waals surface area (Å²) in [5.74, 6) is 2.79. The lowest BCUT2D eigenvalue weighted by atomic mass is 9.55. The average molecular weight is 425 g/mol. The van der Waals surface area contributed by atoms with Crippen molar-refractivity contribution in [3.05, 3.63) is 63.7 Å². The number of alkyl halides is 1. The van der Waals surface area contributed by atoms with Gasteiger partial charge in [0, 0.05) is 23.9 Å². The number of fused-ring (bicyclic) bond motifs is 5. The molecule has 5 nitrogen and oxygen atoms in total. The summed E-state index contributed by atoms with van der Waals surface area (Å²) >= 11 is 0. The molecule has 2 unspecified atom stereocenters. The zero-order chi connectivity index (χ0) is 21.5. The predicted molar refractivity (Wildman–Crippen MR) is 118 cm³/mol. The molecule has 0 radical (unpaired) electrons. The van der Waals surface area contributed by atoms with Gasteiger partial charge < -0.3 is 10.1 Å². The maximum Gasteiger partial charge on any atom is 0.269 e. The lowest BCUT2D eigenvalue weighted by molar-refractivity contribution is -0.384. The number of nitro groups is 1. The fourth-order valence-electron chi connectivity index (χ4n) is 6.58. The van der Waals surface area contributed by atoms with Gasteiger partial charge in [-0.2, -0.15) is 0 Å². The molecule has 0 amide bonds. The molecular weight excluding hydrogens is 395 g/mol. The van der Waals surface area contributed by atoms with E-state index in [0.717, 1.165) is 37.1 Å². The highest BCUT2D eigenvalue weighted by Gasteiger charge is 2.48. The molecule has 2 aromatic rings. The third-order valence-corrected chi connectivity index (χ3v) is 7.91. The topological polar surface area (TPSA) is 64.4 Å². The number of halogens is 1. The highest BCUT2D eigenvalue weighted by Crippen LogP contribution is 2.55. The Balaban J connectivity index is 1.36. The van der Waals surface area contributed by atoms with Gasteiger partial charge in [0.25, 0.3) is 5.69 Å². The molecule has 2 aromatic carbocycles. The molecule has 6 atom stereocenters. The Labute approximate surface area is 182 Å². The number of ether oxygens (including phenoxy) is 1. The Morgan fingerprint density at radius 1 is 1.03 bits per heavy atom. The molecule has 2 saturated carbocycles. The number of hydrogen-bond donors (Lipinski definition) is 1. The van der Waals surface area contributed by atoms with E-state index in [9.17, 15) is 14.5 Å². The van der Waals surface area contributed by atoms with Crippen molar-refractivity contribution >= 4 is 11.4 Å². The van der Waals surface area contributed by atoms with Crippen molar-refractivity contribution in [2.45, 2.75) is 56.7 Å². The number of anilines is 1. The van der Waals surface area contributed by atoms with Crippen LogP contribution in [-0.4, -0.2) is 24.2 Å². The summed E-state index contributed by atoms with van der Waals surface area (Å²) in [5.41, 5.74) is 3.75. The summed E-state index contributed by atoms with van der Waals surface area (Å²) in [6, 6.07) is 13.1. The number of rotatable bonds is 4. The van der Waals surface area contributed by atoms with E-state index in [1.165, 1.54) is 23.3 Å². The molecule has 0 heterocycles. The van der Waals surface area contributed by atoms with Crippen LogP contribution in [0, 0.1) is 27.9 Å². The van der Waals surface area contributed by atoms with E-state index < -0.39 is 11.1 Å². The molecule has 6 heteroatoms. The monoisotopic (exact) mass is 424 g/mol. The Hall–Kier alpha value is -2.63. The largest absolute Gasteiger partial charge is 0.497 e. The lowest BCUT2D eigenvalue weighted by Gasteiger charge is -2.52. The van der Waals surface area contributed by atoms with Crippen molar-refractivity contribution in [1.82, 2.24) is 0 Å². The van der Waals surface area contributed by atoms with E-state index in [1.807, 2.05) is 0 Å². The van der Waals surface area contributed by atoms with Crippen LogP contribution in [0.5, 0.6) is 5.75 Å². The fourth-order valence-corrected chi connectivity index (χ4v) is 6.58. The molecule has 2 fully saturated rings. The van der Waals surface area contributed by atoms with E-state index in [4.69, 9.17) is 4.74 Å². The number of benzene rings is 2. The smallest absolute Gasteiger partial charge is 0.269 e. The summed E-state index contributed by atoms with van der Waals surface area (Å²) in [4.78, 5) is 10.5. The van der Waals surface area contributed by atoms with Gasteiger partial charge in [0.05, 0.1) is 12.0 Å². The van der Waals surface area contributed by atoms with Gasteiger partial charge in [-0.1, -0.05) is 6.07 Å². The van der Waals surface area contributed by atoms with Crippen molar-refractivity contribution in [2.75, 3.05) is 12.4 Å². The quantitative estimate of drug-likeness (QED) is 0.491. The van der Waals surface area contributed by atoms with Crippen LogP contribution in [0.4, 0.5) is 15.8 Å². The molecule has 0 aromatic heterocycles. The Bertz CT molecular complexity index is 964. The third-order valence-electron chi connectivity index (χ3n) is 7.91. The van der Waals surface area contributed by atoms with Crippen molar-refractivity contribution in [3.63, 3.8) is 0 Å². The van der Waals surface area contributed by atoms with Crippen LogP contribution in [0.15, 0.2) is 42.5 Å². The first kappa shape index (κ1) is 20.3. The second kappa shape index (κ2) is 8.13. The maximum absolute atomic E-state index is 14.9. The van der Waals surface area contributed by atoms with Gasteiger partial charge in [0.2, 0.25) is 0 Å². The van der Waals surface area contributed by atoms with Gasteiger partial charge >= 0.3 is 0 Å². The first-order valence-electron chi connectivity index (χ1n) is 11.4. The average Bonchev–Trinajstić information content (AvgIpc) is 2.78. The van der Waals surface area contributed by atoms with Crippen molar-refractivity contribution in [2.24, 2.45) is 17.8 Å². The van der Waals surface area contributed by atoms with Crippen LogP contribution >= 0.6 is 0 Å². The third kappa shape index (κ3) is 3.77. The molecule has 3 aliphatic carbocycles. The molecule has 164 valence electrons. The standard InChI is InChI=1S/C25H29FN2O3/c1-31-19-7-9-20-15(12-19)2-8-22-21(20)10-11-23-24(22)13-16(26)14-25(23)27-17-3-5-18(6-4-17)28(29)30/h3-7,9,12,16,21-25,27H,2,8,10-11,13-14H2,1H3/t16?,21-,22-,23+,24+,25?/m1/s1. The molecule has 31 heavy (non-hydrogen) atoms. The number of nitrogens with one attached hydrogen (secondary N) is 1. The Kier molecular flexibility index (Phi) is 5.32. The summed E-state index contributed by atoms with van der Waals surface area (Å²) in [6.45, 7) is 0. The summed E-state index contributed by atoms with van der Waals surface area (Å²) in [5, 5.41) is 14.4. The van der Waals surface area contributed by atoms with E-state index in [0.29, 0.717) is 36.5 Å². The predicted octanol–water partition coefficient (Wildman–Crippen LogP) is 5.89. The minimum Gasteiger partial charge on any atom is -0.497 e. The number of nitro benzene ring substituents is 1. The number of non-ortho nitro benzene ring substituents is 1. The van der Waals surface area contributed by atoms with Crippen LogP contribution in [0.3, 0.4) is 0 Å². The first-order chi connectivity index (χ1) is 15.0. The molecule has 0 aliphatic heterocycles. The molecular formula is C25H29FN2O3. The van der Waals surface area contributed by atoms with Gasteiger partial charge in [-0.3, -0.25) is 10.1 Å². The van der Waals surface area contributed by atoms with Crippen molar-refractivity contribution in [1.29, 1.82) is 0 Å². The van der Waals surface area contributed by atoms with Gasteiger partial charge in [-0.05, 0) is 97.6 Å². The SMILES string of the molecule is COc1ccc2c(c1)CC[C@H]1[C@@H]3CC(F)CC(Nc4ccc([N+](=O)[O-])cc4)[C@H]3CC[C@H]21. The highest BCUT2D eigenvalue weighted by molar-refractivity contribution is 5.49. The summed E-state index contributed by atoms with van der Waals surface area (Å²) in [6.07, 6.45) is 4.76. The van der Waals surface area contributed by atoms with Crippen molar-refractivity contribution in [3.8, 4) is 5.75 Å².